The van der Waals surface area contributed by atoms with Crippen molar-refractivity contribution in [2.75, 3.05) is 21.1 Å². The van der Waals surface area contributed by atoms with Crippen molar-refractivity contribution in [1.29, 1.82) is 0 Å². The Bertz CT molecular complexity index is 251. The first kappa shape index (κ1) is 12.6. The van der Waals surface area contributed by atoms with Crippen LogP contribution in [-0.2, 0) is 6.54 Å². The van der Waals surface area contributed by atoms with E-state index in [1.54, 1.807) is 0 Å². The number of halogens is 2. The van der Waals surface area contributed by atoms with Crippen LogP contribution in [0.3, 0.4) is 0 Å². The van der Waals surface area contributed by atoms with Gasteiger partial charge in [0.15, 0.2) is 0 Å². The molecule has 1 aromatic rings. The summed E-state index contributed by atoms with van der Waals surface area (Å²) >= 11 is 0. The lowest BCUT2D eigenvalue weighted by atomic mass is 10.2. The van der Waals surface area contributed by atoms with Gasteiger partial charge >= 0.3 is 0 Å². The summed E-state index contributed by atoms with van der Waals surface area (Å²) in [4.78, 5) is 0. The van der Waals surface area contributed by atoms with E-state index >= 15 is 0 Å². The Morgan fingerprint density at radius 3 is 1.92 bits per heavy atom. The van der Waals surface area contributed by atoms with Crippen LogP contribution < -0.4 is 17.0 Å². The molecule has 0 unspecified atom stereocenters. The SMILES string of the molecule is C[N+](C)(C)Cc1ccc(F)cc1.[Br-]. The Morgan fingerprint density at radius 2 is 1.54 bits per heavy atom. The largest absolute Gasteiger partial charge is 1.00 e. The molecule has 0 aliphatic carbocycles. The topological polar surface area (TPSA) is 0 Å². The van der Waals surface area contributed by atoms with Gasteiger partial charge in [0.05, 0.1) is 21.1 Å². The van der Waals surface area contributed by atoms with E-state index in [1.807, 2.05) is 12.1 Å². The standard InChI is InChI=1S/C10H15FN.BrH/c1-12(2,3)8-9-4-6-10(11)7-5-9;/h4-7H,8H2,1-3H3;1H/q+1;/p-1. The van der Waals surface area contributed by atoms with Gasteiger partial charge in [-0.05, 0) is 12.1 Å². The fourth-order valence-corrected chi connectivity index (χ4v) is 1.14. The van der Waals surface area contributed by atoms with Gasteiger partial charge in [0.2, 0.25) is 0 Å². The second-order valence-corrected chi connectivity index (χ2v) is 4.07. The molecule has 0 radical (unpaired) electrons. The second kappa shape index (κ2) is 4.72. The summed E-state index contributed by atoms with van der Waals surface area (Å²) in [6.45, 7) is 0.931. The third kappa shape index (κ3) is 5.01. The Balaban J connectivity index is 0.00000144. The summed E-state index contributed by atoms with van der Waals surface area (Å²) in [5.41, 5.74) is 1.17. The number of hydrogen-bond acceptors (Lipinski definition) is 0. The Hall–Kier alpha value is -0.410. The van der Waals surface area contributed by atoms with Gasteiger partial charge in [-0.3, -0.25) is 0 Å². The highest BCUT2D eigenvalue weighted by molar-refractivity contribution is 5.14. The van der Waals surface area contributed by atoms with E-state index in [2.05, 4.69) is 21.1 Å². The van der Waals surface area contributed by atoms with Gasteiger partial charge < -0.3 is 21.5 Å². The fraction of sp³-hybridized carbons (Fsp3) is 0.400. The second-order valence-electron chi connectivity index (χ2n) is 4.07. The van der Waals surface area contributed by atoms with Crippen molar-refractivity contribution in [3.05, 3.63) is 35.6 Å². The first-order valence-corrected chi connectivity index (χ1v) is 4.02. The molecule has 1 aromatic carbocycles. The van der Waals surface area contributed by atoms with Gasteiger partial charge in [-0.1, -0.05) is 12.1 Å². The van der Waals surface area contributed by atoms with Crippen LogP contribution in [-0.4, -0.2) is 25.6 Å². The lowest BCUT2D eigenvalue weighted by Gasteiger charge is -2.23. The van der Waals surface area contributed by atoms with E-state index in [9.17, 15) is 4.39 Å². The van der Waals surface area contributed by atoms with Crippen molar-refractivity contribution < 1.29 is 25.9 Å². The molecule has 0 aliphatic heterocycles. The van der Waals surface area contributed by atoms with E-state index in [-0.39, 0.29) is 22.8 Å². The molecule has 0 aromatic heterocycles. The van der Waals surface area contributed by atoms with Crippen LogP contribution in [0.4, 0.5) is 4.39 Å². The third-order valence-electron chi connectivity index (χ3n) is 1.57. The van der Waals surface area contributed by atoms with Crippen molar-refractivity contribution in [2.45, 2.75) is 6.54 Å². The predicted octanol–water partition coefficient (Wildman–Crippen LogP) is -0.964. The first-order chi connectivity index (χ1) is 5.47. The highest BCUT2D eigenvalue weighted by Crippen LogP contribution is 2.07. The lowest BCUT2D eigenvalue weighted by molar-refractivity contribution is -0.884. The van der Waals surface area contributed by atoms with Gasteiger partial charge in [0.1, 0.15) is 12.4 Å². The Morgan fingerprint density at radius 1 is 1.08 bits per heavy atom. The van der Waals surface area contributed by atoms with Crippen molar-refractivity contribution in [3.63, 3.8) is 0 Å². The van der Waals surface area contributed by atoms with Crippen molar-refractivity contribution in [1.82, 2.24) is 0 Å². The number of quaternary nitrogens is 1. The maximum atomic E-state index is 12.5. The van der Waals surface area contributed by atoms with Crippen LogP contribution in [0.5, 0.6) is 0 Å². The predicted molar refractivity (Wildman–Crippen MR) is 48.1 cm³/mol. The average Bonchev–Trinajstić information content (AvgIpc) is 1.91. The van der Waals surface area contributed by atoms with Gasteiger partial charge in [-0.2, -0.15) is 0 Å². The zero-order valence-electron chi connectivity index (χ0n) is 8.22. The van der Waals surface area contributed by atoms with Crippen molar-refractivity contribution in [3.8, 4) is 0 Å². The number of benzene rings is 1. The van der Waals surface area contributed by atoms with E-state index in [0.717, 1.165) is 11.0 Å². The summed E-state index contributed by atoms with van der Waals surface area (Å²) in [6.07, 6.45) is 0. The molecule has 0 saturated heterocycles. The van der Waals surface area contributed by atoms with Crippen LogP contribution in [0.2, 0.25) is 0 Å². The molecule has 0 N–H and O–H groups in total. The van der Waals surface area contributed by atoms with E-state index in [0.29, 0.717) is 0 Å². The Kier molecular flexibility index (Phi) is 4.57. The molecule has 0 amide bonds. The van der Waals surface area contributed by atoms with Crippen LogP contribution in [0.25, 0.3) is 0 Å². The van der Waals surface area contributed by atoms with Gasteiger partial charge in [-0.15, -0.1) is 0 Å². The summed E-state index contributed by atoms with van der Waals surface area (Å²) in [7, 11) is 6.34. The molecule has 13 heavy (non-hydrogen) atoms. The minimum atomic E-state index is -0.167. The minimum absolute atomic E-state index is 0. The zero-order chi connectivity index (χ0) is 9.19. The van der Waals surface area contributed by atoms with Crippen molar-refractivity contribution >= 4 is 0 Å². The summed E-state index contributed by atoms with van der Waals surface area (Å²) in [5, 5.41) is 0. The molecule has 0 heterocycles. The molecule has 1 rings (SSSR count). The monoisotopic (exact) mass is 247 g/mol. The first-order valence-electron chi connectivity index (χ1n) is 4.02. The molecule has 3 heteroatoms. The van der Waals surface area contributed by atoms with Crippen LogP contribution >= 0.6 is 0 Å². The summed E-state index contributed by atoms with van der Waals surface area (Å²) in [6, 6.07) is 6.67. The van der Waals surface area contributed by atoms with E-state index in [1.165, 1.54) is 17.7 Å². The molecule has 0 fully saturated rings. The molecule has 0 spiro atoms. The normalized spacial score (nSPS) is 10.8. The summed E-state index contributed by atoms with van der Waals surface area (Å²) < 4.78 is 13.4. The fourth-order valence-electron chi connectivity index (χ4n) is 1.14. The molecular formula is C10H15BrFN. The number of hydrogen-bond donors (Lipinski definition) is 0. The molecule has 74 valence electrons. The molecular weight excluding hydrogens is 233 g/mol. The van der Waals surface area contributed by atoms with Gasteiger partial charge in [0.25, 0.3) is 0 Å². The summed E-state index contributed by atoms with van der Waals surface area (Å²) in [5.74, 6) is -0.167. The minimum Gasteiger partial charge on any atom is -1.00 e. The maximum absolute atomic E-state index is 12.5. The van der Waals surface area contributed by atoms with E-state index < -0.39 is 0 Å². The smallest absolute Gasteiger partial charge is 0.123 e. The molecule has 0 aliphatic rings. The lowest BCUT2D eigenvalue weighted by Crippen LogP contribution is -3.00. The molecule has 0 bridgehead atoms. The molecule has 0 saturated carbocycles. The Labute approximate surface area is 89.5 Å². The quantitative estimate of drug-likeness (QED) is 0.591. The average molecular weight is 248 g/mol. The highest BCUT2D eigenvalue weighted by Gasteiger charge is 2.07. The third-order valence-corrected chi connectivity index (χ3v) is 1.57. The highest BCUT2D eigenvalue weighted by atomic mass is 79.9. The van der Waals surface area contributed by atoms with E-state index in [4.69, 9.17) is 0 Å². The zero-order valence-corrected chi connectivity index (χ0v) is 9.81. The maximum Gasteiger partial charge on any atom is 0.123 e. The van der Waals surface area contributed by atoms with Crippen LogP contribution in [0.1, 0.15) is 5.56 Å². The number of nitrogens with zero attached hydrogens (tertiary/aromatic N) is 1. The molecule has 1 nitrogen and oxygen atoms in total. The molecule has 0 atom stereocenters. The van der Waals surface area contributed by atoms with Crippen LogP contribution in [0.15, 0.2) is 24.3 Å². The van der Waals surface area contributed by atoms with Gasteiger partial charge in [-0.25, -0.2) is 4.39 Å². The number of rotatable bonds is 2. The van der Waals surface area contributed by atoms with Crippen LogP contribution in [0, 0.1) is 5.82 Å². The van der Waals surface area contributed by atoms with Crippen molar-refractivity contribution in [2.24, 2.45) is 0 Å². The van der Waals surface area contributed by atoms with Gasteiger partial charge in [0, 0.05) is 5.56 Å².